The third-order valence-corrected chi connectivity index (χ3v) is 2.48. The fraction of sp³-hybridized carbons (Fsp3) is 0.571. The zero-order valence-corrected chi connectivity index (χ0v) is 11.4. The number of carboxylic acids is 1. The van der Waals surface area contributed by atoms with E-state index in [1.807, 2.05) is 19.9 Å². The first kappa shape index (κ1) is 16.4. The predicted molar refractivity (Wildman–Crippen MR) is 70.3 cm³/mol. The molecule has 0 unspecified atom stereocenters. The van der Waals surface area contributed by atoms with Crippen molar-refractivity contribution in [3.63, 3.8) is 0 Å². The third kappa shape index (κ3) is 10.9. The second-order valence-corrected chi connectivity index (χ2v) is 4.34. The summed E-state index contributed by atoms with van der Waals surface area (Å²) < 4.78 is 4.81. The summed E-state index contributed by atoms with van der Waals surface area (Å²) in [6.07, 6.45) is 6.52. The maximum Gasteiger partial charge on any atom is 0.303 e. The van der Waals surface area contributed by atoms with E-state index in [0.717, 1.165) is 18.4 Å². The number of hydrogen-bond acceptors (Lipinski definition) is 3. The fourth-order valence-electron chi connectivity index (χ4n) is 1.36. The topological polar surface area (TPSA) is 63.6 Å². The number of rotatable bonds is 8. The summed E-state index contributed by atoms with van der Waals surface area (Å²) in [7, 11) is 0. The molecule has 0 aromatic carbocycles. The van der Waals surface area contributed by atoms with Crippen LogP contribution in [0.2, 0.25) is 0 Å². The van der Waals surface area contributed by atoms with Crippen LogP contribution in [0.4, 0.5) is 0 Å². The SMILES string of the molecule is CC(=O)OC/C=C(/C)CC/C=C(\C)CCC(=O)O. The highest BCUT2D eigenvalue weighted by Gasteiger charge is 1.97. The normalized spacial score (nSPS) is 12.4. The van der Waals surface area contributed by atoms with Crippen molar-refractivity contribution in [2.45, 2.75) is 46.5 Å². The molecule has 0 atom stereocenters. The molecule has 102 valence electrons. The molecule has 0 bridgehead atoms. The minimum absolute atomic E-state index is 0.184. The van der Waals surface area contributed by atoms with E-state index in [1.54, 1.807) is 0 Å². The van der Waals surface area contributed by atoms with Crippen LogP contribution in [0.3, 0.4) is 0 Å². The second kappa shape index (κ2) is 9.45. The molecule has 0 saturated carbocycles. The molecule has 4 heteroatoms. The summed E-state index contributed by atoms with van der Waals surface area (Å²) in [5.41, 5.74) is 2.27. The number of carbonyl (C=O) groups excluding carboxylic acids is 1. The Hall–Kier alpha value is -1.58. The van der Waals surface area contributed by atoms with Crippen LogP contribution in [0.15, 0.2) is 23.3 Å². The summed E-state index contributed by atoms with van der Waals surface area (Å²) in [4.78, 5) is 20.9. The molecule has 0 aliphatic heterocycles. The molecule has 0 aliphatic carbocycles. The Morgan fingerprint density at radius 2 is 1.61 bits per heavy atom. The van der Waals surface area contributed by atoms with Crippen LogP contribution in [0.5, 0.6) is 0 Å². The number of carboxylic acid groups (broad SMARTS) is 1. The number of carbonyl (C=O) groups is 2. The van der Waals surface area contributed by atoms with Gasteiger partial charge in [-0.05, 0) is 39.2 Å². The van der Waals surface area contributed by atoms with Gasteiger partial charge in [0.05, 0.1) is 0 Å². The van der Waals surface area contributed by atoms with Gasteiger partial charge in [0, 0.05) is 13.3 Å². The van der Waals surface area contributed by atoms with Gasteiger partial charge in [-0.3, -0.25) is 9.59 Å². The van der Waals surface area contributed by atoms with Crippen molar-refractivity contribution in [1.29, 1.82) is 0 Å². The molecule has 0 saturated heterocycles. The van der Waals surface area contributed by atoms with Crippen molar-refractivity contribution in [2.24, 2.45) is 0 Å². The van der Waals surface area contributed by atoms with Crippen LogP contribution >= 0.6 is 0 Å². The second-order valence-electron chi connectivity index (χ2n) is 4.34. The molecule has 0 amide bonds. The van der Waals surface area contributed by atoms with Crippen molar-refractivity contribution in [3.05, 3.63) is 23.3 Å². The van der Waals surface area contributed by atoms with Crippen LogP contribution in [0, 0.1) is 0 Å². The first-order valence-corrected chi connectivity index (χ1v) is 6.08. The maximum atomic E-state index is 10.5. The molecular weight excluding hydrogens is 232 g/mol. The molecule has 0 fully saturated rings. The molecule has 0 spiro atoms. The van der Waals surface area contributed by atoms with Crippen molar-refractivity contribution >= 4 is 11.9 Å². The molecular formula is C14H22O4. The smallest absolute Gasteiger partial charge is 0.303 e. The van der Waals surface area contributed by atoms with E-state index < -0.39 is 5.97 Å². The molecule has 0 radical (unpaired) electrons. The lowest BCUT2D eigenvalue weighted by Gasteiger charge is -2.01. The summed E-state index contributed by atoms with van der Waals surface area (Å²) in [6.45, 7) is 5.64. The Balaban J connectivity index is 3.83. The Morgan fingerprint density at radius 3 is 2.17 bits per heavy atom. The van der Waals surface area contributed by atoms with Gasteiger partial charge in [-0.25, -0.2) is 0 Å². The highest BCUT2D eigenvalue weighted by Crippen LogP contribution is 2.10. The minimum atomic E-state index is -0.764. The zero-order chi connectivity index (χ0) is 14.0. The first-order chi connectivity index (χ1) is 8.41. The minimum Gasteiger partial charge on any atom is -0.481 e. The summed E-state index contributed by atoms with van der Waals surface area (Å²) in [6, 6.07) is 0. The zero-order valence-electron chi connectivity index (χ0n) is 11.4. The molecule has 1 N–H and O–H groups in total. The van der Waals surface area contributed by atoms with E-state index in [4.69, 9.17) is 9.84 Å². The lowest BCUT2D eigenvalue weighted by atomic mass is 10.1. The monoisotopic (exact) mass is 254 g/mol. The maximum absolute atomic E-state index is 10.5. The molecule has 0 aliphatic rings. The van der Waals surface area contributed by atoms with E-state index in [9.17, 15) is 9.59 Å². The highest BCUT2D eigenvalue weighted by atomic mass is 16.5. The van der Waals surface area contributed by atoms with E-state index in [0.29, 0.717) is 13.0 Å². The van der Waals surface area contributed by atoms with Gasteiger partial charge in [0.15, 0.2) is 0 Å². The van der Waals surface area contributed by atoms with Crippen LogP contribution < -0.4 is 0 Å². The number of aliphatic carboxylic acids is 1. The van der Waals surface area contributed by atoms with E-state index in [-0.39, 0.29) is 12.4 Å². The van der Waals surface area contributed by atoms with Gasteiger partial charge in [0.2, 0.25) is 0 Å². The Morgan fingerprint density at radius 1 is 1.00 bits per heavy atom. The Labute approximate surface area is 108 Å². The number of ether oxygens (including phenoxy) is 1. The van der Waals surface area contributed by atoms with E-state index >= 15 is 0 Å². The predicted octanol–water partition coefficient (Wildman–Crippen LogP) is 3.09. The number of allylic oxidation sites excluding steroid dienone is 3. The average Bonchev–Trinajstić information content (AvgIpc) is 2.25. The van der Waals surface area contributed by atoms with Crippen molar-refractivity contribution < 1.29 is 19.4 Å². The van der Waals surface area contributed by atoms with Gasteiger partial charge in [0.25, 0.3) is 0 Å². The molecule has 4 nitrogen and oxygen atoms in total. The van der Waals surface area contributed by atoms with Crippen LogP contribution in [0.1, 0.15) is 46.5 Å². The first-order valence-electron chi connectivity index (χ1n) is 6.08. The number of hydrogen-bond donors (Lipinski definition) is 1. The fourth-order valence-corrected chi connectivity index (χ4v) is 1.36. The molecule has 18 heavy (non-hydrogen) atoms. The van der Waals surface area contributed by atoms with Gasteiger partial charge >= 0.3 is 11.9 Å². The average molecular weight is 254 g/mol. The lowest BCUT2D eigenvalue weighted by Crippen LogP contribution is -1.98. The Kier molecular flexibility index (Phi) is 8.62. The highest BCUT2D eigenvalue weighted by molar-refractivity contribution is 5.67. The van der Waals surface area contributed by atoms with Gasteiger partial charge < -0.3 is 9.84 Å². The van der Waals surface area contributed by atoms with Gasteiger partial charge in [0.1, 0.15) is 6.61 Å². The van der Waals surface area contributed by atoms with Crippen molar-refractivity contribution in [1.82, 2.24) is 0 Å². The number of esters is 1. The van der Waals surface area contributed by atoms with Crippen molar-refractivity contribution in [2.75, 3.05) is 6.61 Å². The standard InChI is InChI=1S/C14H22O4/c1-11(7-8-14(16)17)5-4-6-12(2)9-10-18-13(3)15/h5,9H,4,6-8,10H2,1-3H3,(H,16,17)/b11-5+,12-9-. The van der Waals surface area contributed by atoms with Gasteiger partial charge in [-0.2, -0.15) is 0 Å². The lowest BCUT2D eigenvalue weighted by molar-refractivity contribution is -0.140. The Bertz CT molecular complexity index is 340. The summed E-state index contributed by atoms with van der Waals surface area (Å²) in [5.74, 6) is -1.04. The summed E-state index contributed by atoms with van der Waals surface area (Å²) in [5, 5.41) is 8.54. The van der Waals surface area contributed by atoms with E-state index in [1.165, 1.54) is 12.5 Å². The van der Waals surface area contributed by atoms with Crippen LogP contribution in [-0.4, -0.2) is 23.7 Å². The molecule has 0 aromatic heterocycles. The van der Waals surface area contributed by atoms with Gasteiger partial charge in [-0.15, -0.1) is 0 Å². The van der Waals surface area contributed by atoms with Crippen molar-refractivity contribution in [3.8, 4) is 0 Å². The van der Waals surface area contributed by atoms with Crippen LogP contribution in [0.25, 0.3) is 0 Å². The quantitative estimate of drug-likeness (QED) is 0.534. The van der Waals surface area contributed by atoms with E-state index in [2.05, 4.69) is 6.08 Å². The summed E-state index contributed by atoms with van der Waals surface area (Å²) >= 11 is 0. The third-order valence-electron chi connectivity index (χ3n) is 2.48. The molecule has 0 aromatic rings. The van der Waals surface area contributed by atoms with Crippen LogP contribution in [-0.2, 0) is 14.3 Å². The largest absolute Gasteiger partial charge is 0.481 e. The molecule has 0 heterocycles. The van der Waals surface area contributed by atoms with Gasteiger partial charge in [-0.1, -0.05) is 17.2 Å². The molecule has 0 rings (SSSR count).